The molecule has 0 unspecified atom stereocenters. The number of hydrogen-bond donors (Lipinski definition) is 2. The van der Waals surface area contributed by atoms with Crippen LogP contribution in [0.25, 0.3) is 10.8 Å². The van der Waals surface area contributed by atoms with Crippen LogP contribution in [0, 0.1) is 10.1 Å². The van der Waals surface area contributed by atoms with Crippen molar-refractivity contribution in [1.82, 2.24) is 5.32 Å². The standard InChI is InChI=1S/C12H6BrN4O6S/c13-4-1-2-7(24(14,22)23)9-6(17(20)21)3-5-10(8(4)9)16-12(19)11(18)15-5/h1-3H,(H,16,19)(H2,14,22,23). The van der Waals surface area contributed by atoms with Crippen LogP contribution in [0.2, 0.25) is 0 Å². The number of halogens is 1. The van der Waals surface area contributed by atoms with Crippen LogP contribution in [0.4, 0.5) is 17.1 Å². The average Bonchev–Trinajstić information content (AvgIpc) is 2.46. The molecular formula is C12H6BrN4O6S. The largest absolute Gasteiger partial charge is 0.335 e. The lowest BCUT2D eigenvalue weighted by Crippen LogP contribution is -2.33. The van der Waals surface area contributed by atoms with E-state index in [1.807, 2.05) is 0 Å². The summed E-state index contributed by atoms with van der Waals surface area (Å²) in [6, 6.07) is 3.33. The summed E-state index contributed by atoms with van der Waals surface area (Å²) >= 11 is 3.16. The number of amides is 2. The van der Waals surface area contributed by atoms with Crippen molar-refractivity contribution in [1.29, 1.82) is 0 Å². The first kappa shape index (κ1) is 16.3. The molecule has 24 heavy (non-hydrogen) atoms. The van der Waals surface area contributed by atoms with Crippen molar-refractivity contribution in [3.05, 3.63) is 32.8 Å². The zero-order valence-corrected chi connectivity index (χ0v) is 13.8. The molecule has 0 bridgehead atoms. The normalized spacial score (nSPS) is 14.1. The Kier molecular flexibility index (Phi) is 3.55. The van der Waals surface area contributed by atoms with Crippen molar-refractivity contribution in [3.63, 3.8) is 0 Å². The van der Waals surface area contributed by atoms with Crippen LogP contribution in [0.15, 0.2) is 27.6 Å². The van der Waals surface area contributed by atoms with Gasteiger partial charge in [0.2, 0.25) is 10.0 Å². The molecule has 0 spiro atoms. The van der Waals surface area contributed by atoms with Gasteiger partial charge in [-0.3, -0.25) is 19.7 Å². The highest BCUT2D eigenvalue weighted by Gasteiger charge is 2.33. The first-order chi connectivity index (χ1) is 11.1. The SMILES string of the molecule is NS(=O)(=O)c1ccc(Br)c2c3c(cc([N+](=O)[O-])c12)[N]C(=O)C(=O)N3. The fourth-order valence-corrected chi connectivity index (χ4v) is 3.66. The third-order valence-electron chi connectivity index (χ3n) is 3.31. The smallest absolute Gasteiger partial charge is 0.315 e. The number of carbonyl (C=O) groups excluding carboxylic acids is 2. The zero-order valence-electron chi connectivity index (χ0n) is 11.4. The minimum Gasteiger partial charge on any atom is -0.315 e. The van der Waals surface area contributed by atoms with Crippen molar-refractivity contribution in [2.24, 2.45) is 5.14 Å². The van der Waals surface area contributed by atoms with Crippen LogP contribution in [-0.4, -0.2) is 25.2 Å². The van der Waals surface area contributed by atoms with Gasteiger partial charge < -0.3 is 5.32 Å². The molecule has 0 fully saturated rings. The second kappa shape index (κ2) is 5.22. The van der Waals surface area contributed by atoms with Gasteiger partial charge in [0.05, 0.1) is 26.6 Å². The summed E-state index contributed by atoms with van der Waals surface area (Å²) in [6.07, 6.45) is 0. The zero-order chi connectivity index (χ0) is 17.8. The van der Waals surface area contributed by atoms with Crippen LogP contribution >= 0.6 is 15.9 Å². The summed E-state index contributed by atoms with van der Waals surface area (Å²) in [5, 5.41) is 22.0. The fraction of sp³-hybridized carbons (Fsp3) is 0. The summed E-state index contributed by atoms with van der Waals surface area (Å²) in [4.78, 5) is 33.0. The molecular weight excluding hydrogens is 408 g/mol. The average molecular weight is 414 g/mol. The highest BCUT2D eigenvalue weighted by molar-refractivity contribution is 9.10. The van der Waals surface area contributed by atoms with Gasteiger partial charge in [-0.1, -0.05) is 15.9 Å². The number of benzene rings is 2. The van der Waals surface area contributed by atoms with Crippen molar-refractivity contribution < 1.29 is 22.9 Å². The quantitative estimate of drug-likeness (QED) is 0.421. The molecule has 0 aromatic heterocycles. The number of rotatable bonds is 2. The Morgan fingerprint density at radius 3 is 2.50 bits per heavy atom. The molecule has 3 rings (SSSR count). The number of nitrogens with one attached hydrogen (secondary N) is 1. The van der Waals surface area contributed by atoms with E-state index in [-0.39, 0.29) is 26.6 Å². The van der Waals surface area contributed by atoms with Gasteiger partial charge in [0.1, 0.15) is 0 Å². The third kappa shape index (κ3) is 2.40. The second-order valence-electron chi connectivity index (χ2n) is 4.76. The molecule has 123 valence electrons. The fourth-order valence-electron chi connectivity index (χ4n) is 2.38. The molecule has 0 atom stereocenters. The predicted octanol–water partition coefficient (Wildman–Crippen LogP) is 0.873. The number of nitrogens with two attached hydrogens (primary N) is 1. The van der Waals surface area contributed by atoms with E-state index in [9.17, 15) is 28.1 Å². The third-order valence-corrected chi connectivity index (χ3v) is 4.92. The van der Waals surface area contributed by atoms with Gasteiger partial charge in [-0.05, 0) is 12.1 Å². The Hall–Kier alpha value is -2.57. The summed E-state index contributed by atoms with van der Waals surface area (Å²) < 4.78 is 23.8. The number of nitro benzene ring substituents is 1. The Balaban J connectivity index is 2.58. The molecule has 0 aliphatic carbocycles. The van der Waals surface area contributed by atoms with Gasteiger partial charge in [-0.25, -0.2) is 18.9 Å². The van der Waals surface area contributed by atoms with E-state index >= 15 is 0 Å². The van der Waals surface area contributed by atoms with Gasteiger partial charge >= 0.3 is 11.8 Å². The molecule has 10 nitrogen and oxygen atoms in total. The van der Waals surface area contributed by atoms with Crippen LogP contribution < -0.4 is 15.8 Å². The number of carbonyl (C=O) groups is 2. The van der Waals surface area contributed by atoms with E-state index in [4.69, 9.17) is 5.14 Å². The minimum atomic E-state index is -4.29. The number of nitro groups is 1. The highest BCUT2D eigenvalue weighted by Crippen LogP contribution is 2.45. The number of sulfonamides is 1. The topological polar surface area (TPSA) is 164 Å². The number of non-ortho nitro benzene ring substituents is 1. The van der Waals surface area contributed by atoms with Crippen LogP contribution in [0.1, 0.15) is 0 Å². The Bertz CT molecular complexity index is 1070. The van der Waals surface area contributed by atoms with Gasteiger partial charge in [0.15, 0.2) is 0 Å². The highest BCUT2D eigenvalue weighted by atomic mass is 79.9. The Labute approximate surface area is 142 Å². The van der Waals surface area contributed by atoms with E-state index in [1.54, 1.807) is 0 Å². The van der Waals surface area contributed by atoms with Crippen molar-refractivity contribution in [2.75, 3.05) is 5.32 Å². The summed E-state index contributed by atoms with van der Waals surface area (Å²) in [6.45, 7) is 0. The molecule has 2 aromatic carbocycles. The summed E-state index contributed by atoms with van der Waals surface area (Å²) in [5.41, 5.74) is -0.773. The molecule has 1 radical (unpaired) electrons. The molecule has 1 aliphatic heterocycles. The first-order valence-electron chi connectivity index (χ1n) is 6.14. The molecule has 0 saturated heterocycles. The predicted molar refractivity (Wildman–Crippen MR) is 85.1 cm³/mol. The molecule has 2 aromatic rings. The molecule has 3 N–H and O–H groups in total. The number of fused-ring (bicyclic) bond motifs is 3. The van der Waals surface area contributed by atoms with Gasteiger partial charge in [-0.15, -0.1) is 0 Å². The van der Waals surface area contributed by atoms with Crippen LogP contribution in [0.3, 0.4) is 0 Å². The lowest BCUT2D eigenvalue weighted by atomic mass is 10.0. The summed E-state index contributed by atoms with van der Waals surface area (Å²) in [7, 11) is -4.29. The number of nitrogens with zero attached hydrogens (tertiary/aromatic N) is 2. The lowest BCUT2D eigenvalue weighted by Gasteiger charge is -2.19. The minimum absolute atomic E-state index is 0.00956. The van der Waals surface area contributed by atoms with Crippen LogP contribution in [0.5, 0.6) is 0 Å². The van der Waals surface area contributed by atoms with Crippen molar-refractivity contribution in [3.8, 4) is 0 Å². The van der Waals surface area contributed by atoms with Crippen molar-refractivity contribution >= 4 is 65.6 Å². The molecule has 2 amide bonds. The van der Waals surface area contributed by atoms with E-state index in [0.29, 0.717) is 0 Å². The monoisotopic (exact) mass is 413 g/mol. The molecule has 1 aliphatic rings. The molecule has 1 heterocycles. The van der Waals surface area contributed by atoms with E-state index in [2.05, 4.69) is 26.6 Å². The summed E-state index contributed by atoms with van der Waals surface area (Å²) in [5.74, 6) is -2.15. The van der Waals surface area contributed by atoms with E-state index < -0.39 is 37.3 Å². The van der Waals surface area contributed by atoms with Gasteiger partial charge in [0.25, 0.3) is 5.69 Å². The Morgan fingerprint density at radius 1 is 1.25 bits per heavy atom. The number of anilines is 1. The maximum Gasteiger partial charge on any atom is 0.335 e. The molecule has 0 saturated carbocycles. The number of primary sulfonamides is 1. The van der Waals surface area contributed by atoms with Gasteiger partial charge in [0, 0.05) is 15.9 Å². The maximum absolute atomic E-state index is 11.8. The van der Waals surface area contributed by atoms with Crippen molar-refractivity contribution in [2.45, 2.75) is 4.90 Å². The van der Waals surface area contributed by atoms with E-state index in [1.165, 1.54) is 6.07 Å². The Morgan fingerprint density at radius 2 is 1.92 bits per heavy atom. The van der Waals surface area contributed by atoms with E-state index in [0.717, 1.165) is 12.1 Å². The number of hydrogen-bond acceptors (Lipinski definition) is 6. The second-order valence-corrected chi connectivity index (χ2v) is 7.14. The molecule has 12 heteroatoms. The van der Waals surface area contributed by atoms with Gasteiger partial charge in [-0.2, -0.15) is 0 Å². The van der Waals surface area contributed by atoms with Crippen LogP contribution in [-0.2, 0) is 19.6 Å². The first-order valence-corrected chi connectivity index (χ1v) is 8.48. The lowest BCUT2D eigenvalue weighted by molar-refractivity contribution is -0.383. The maximum atomic E-state index is 11.8.